The maximum absolute atomic E-state index is 12.4. The summed E-state index contributed by atoms with van der Waals surface area (Å²) in [5, 5.41) is 3.91. The zero-order chi connectivity index (χ0) is 21.0. The topological polar surface area (TPSA) is 108 Å². The van der Waals surface area contributed by atoms with Crippen molar-refractivity contribution >= 4 is 28.3 Å². The predicted octanol–water partition coefficient (Wildman–Crippen LogP) is 2.48. The molecule has 0 spiro atoms. The van der Waals surface area contributed by atoms with Crippen molar-refractivity contribution in [3.63, 3.8) is 0 Å². The van der Waals surface area contributed by atoms with E-state index in [0.717, 1.165) is 29.6 Å². The molecule has 2 aromatic rings. The zero-order valence-corrected chi connectivity index (χ0v) is 15.8. The number of hydrogen-bond acceptors (Lipinski definition) is 4. The van der Waals surface area contributed by atoms with Crippen LogP contribution in [0.25, 0.3) is 16.6 Å². The molecule has 0 unspecified atom stereocenters. The van der Waals surface area contributed by atoms with Crippen molar-refractivity contribution < 1.29 is 13.2 Å². The molecule has 1 aliphatic rings. The number of rotatable bonds is 7. The molecule has 3 heterocycles. The summed E-state index contributed by atoms with van der Waals surface area (Å²) in [6.07, 6.45) is 2.50. The number of nitrogens with one attached hydrogen (secondary N) is 2. The third-order valence-corrected chi connectivity index (χ3v) is 4.77. The molecule has 2 aromatic heterocycles. The van der Waals surface area contributed by atoms with Crippen LogP contribution in [0.15, 0.2) is 42.3 Å². The molecule has 0 aliphatic carbocycles. The van der Waals surface area contributed by atoms with Crippen LogP contribution in [0.1, 0.15) is 18.4 Å². The normalized spacial score (nSPS) is 17.3. The Balaban J connectivity index is 1.77. The van der Waals surface area contributed by atoms with Crippen LogP contribution in [0.3, 0.4) is 0 Å². The van der Waals surface area contributed by atoms with E-state index in [9.17, 15) is 13.2 Å². The van der Waals surface area contributed by atoms with Gasteiger partial charge in [0.25, 0.3) is 0 Å². The highest BCUT2D eigenvalue weighted by Crippen LogP contribution is 2.34. The van der Waals surface area contributed by atoms with Crippen molar-refractivity contribution in [2.75, 3.05) is 24.5 Å². The van der Waals surface area contributed by atoms with Crippen molar-refractivity contribution in [2.24, 2.45) is 16.5 Å². The van der Waals surface area contributed by atoms with E-state index in [1.165, 1.54) is 6.20 Å². The Kier molecular flexibility index (Phi) is 6.12. The first-order chi connectivity index (χ1) is 13.7. The summed E-state index contributed by atoms with van der Waals surface area (Å²) in [5.74, 6) is -0.0449. The Labute approximate surface area is 166 Å². The molecule has 10 heteroatoms. The predicted molar refractivity (Wildman–Crippen MR) is 109 cm³/mol. The molecule has 1 fully saturated rings. The molecule has 7 nitrogen and oxygen atoms in total. The number of nitrogens with zero attached hydrogens (tertiary/aromatic N) is 3. The van der Waals surface area contributed by atoms with E-state index in [0.29, 0.717) is 17.8 Å². The van der Waals surface area contributed by atoms with Crippen LogP contribution in [-0.4, -0.2) is 47.8 Å². The van der Waals surface area contributed by atoms with Crippen LogP contribution in [0.4, 0.5) is 18.9 Å². The minimum Gasteiger partial charge on any atom is -0.370 e. The molecule has 0 aromatic carbocycles. The van der Waals surface area contributed by atoms with Crippen molar-refractivity contribution in [3.05, 3.63) is 42.9 Å². The molecule has 0 amide bonds. The van der Waals surface area contributed by atoms with Crippen LogP contribution in [-0.2, 0) is 0 Å². The molecule has 156 valence electrons. The number of aliphatic imine (C=N–C) groups is 1. The van der Waals surface area contributed by atoms with Crippen molar-refractivity contribution in [1.29, 1.82) is 0 Å². The highest BCUT2D eigenvalue weighted by molar-refractivity contribution is 6.01. The van der Waals surface area contributed by atoms with E-state index in [1.807, 2.05) is 12.3 Å². The summed E-state index contributed by atoms with van der Waals surface area (Å²) in [6, 6.07) is 1.91. The lowest BCUT2D eigenvalue weighted by Crippen LogP contribution is -2.34. The van der Waals surface area contributed by atoms with Gasteiger partial charge in [-0.2, -0.15) is 13.2 Å². The number of hydrogen-bond donors (Lipinski definition) is 4. The first-order valence-electron chi connectivity index (χ1n) is 9.20. The van der Waals surface area contributed by atoms with Gasteiger partial charge in [-0.05, 0) is 24.1 Å². The van der Waals surface area contributed by atoms with Gasteiger partial charge < -0.3 is 26.7 Å². The summed E-state index contributed by atoms with van der Waals surface area (Å²) in [5.41, 5.74) is 13.9. The van der Waals surface area contributed by atoms with Gasteiger partial charge in [-0.15, -0.1) is 0 Å². The summed E-state index contributed by atoms with van der Waals surface area (Å²) in [4.78, 5) is 13.5. The molecule has 29 heavy (non-hydrogen) atoms. The summed E-state index contributed by atoms with van der Waals surface area (Å²) in [7, 11) is 0. The number of allylic oxidation sites excluding steroid dienone is 2. The van der Waals surface area contributed by atoms with Crippen molar-refractivity contribution in [1.82, 2.24) is 15.3 Å². The van der Waals surface area contributed by atoms with E-state index >= 15 is 0 Å². The minimum atomic E-state index is -4.14. The number of halogens is 3. The number of fused-ring (bicyclic) bond motifs is 1. The monoisotopic (exact) mass is 407 g/mol. The molecule has 0 saturated carbocycles. The standard InChI is InChI=1S/C19H24F3N7/c1-12(2-6-27-18(23)24)14-10-28-17-16(14)15(3-7-26-17)29-9-4-13(11-29)25-8-5-19(20,21)22/h2-3,6-7,10,13,25H,1,4-5,8-9,11H2,(H,26,28)(H4,23,24,27)/b6-2-/t13-/m0/s1. The quantitative estimate of drug-likeness (QED) is 0.320. The van der Waals surface area contributed by atoms with Gasteiger partial charge in [0.15, 0.2) is 5.96 Å². The van der Waals surface area contributed by atoms with Crippen LogP contribution in [0, 0.1) is 0 Å². The van der Waals surface area contributed by atoms with E-state index in [4.69, 9.17) is 11.5 Å². The van der Waals surface area contributed by atoms with E-state index < -0.39 is 12.6 Å². The van der Waals surface area contributed by atoms with Gasteiger partial charge in [0.2, 0.25) is 0 Å². The number of H-pyrrole nitrogens is 1. The average Bonchev–Trinajstić information content (AvgIpc) is 3.27. The highest BCUT2D eigenvalue weighted by atomic mass is 19.4. The molecule has 0 radical (unpaired) electrons. The second-order valence-electron chi connectivity index (χ2n) is 6.90. The Morgan fingerprint density at radius 1 is 1.45 bits per heavy atom. The number of guanidine groups is 1. The fraction of sp³-hybridized carbons (Fsp3) is 0.368. The third kappa shape index (κ3) is 5.29. The molecule has 1 saturated heterocycles. The lowest BCUT2D eigenvalue weighted by Gasteiger charge is -2.21. The molecule has 1 atom stereocenters. The molecule has 6 N–H and O–H groups in total. The van der Waals surface area contributed by atoms with Gasteiger partial charge in [0, 0.05) is 60.9 Å². The number of aromatic nitrogens is 2. The van der Waals surface area contributed by atoms with Crippen LogP contribution < -0.4 is 21.7 Å². The highest BCUT2D eigenvalue weighted by Gasteiger charge is 2.29. The maximum Gasteiger partial charge on any atom is 0.390 e. The summed E-state index contributed by atoms with van der Waals surface area (Å²) in [6.45, 7) is 5.36. The fourth-order valence-electron chi connectivity index (χ4n) is 3.42. The average molecular weight is 407 g/mol. The van der Waals surface area contributed by atoms with Crippen LogP contribution in [0.5, 0.6) is 0 Å². The van der Waals surface area contributed by atoms with Crippen molar-refractivity contribution in [3.8, 4) is 0 Å². The number of pyridine rings is 1. The van der Waals surface area contributed by atoms with E-state index in [2.05, 4.69) is 31.8 Å². The first kappa shape index (κ1) is 20.7. The van der Waals surface area contributed by atoms with Gasteiger partial charge in [-0.3, -0.25) is 0 Å². The van der Waals surface area contributed by atoms with Gasteiger partial charge >= 0.3 is 6.18 Å². The largest absolute Gasteiger partial charge is 0.390 e. The van der Waals surface area contributed by atoms with E-state index in [1.54, 1.807) is 12.3 Å². The lowest BCUT2D eigenvalue weighted by molar-refractivity contribution is -0.133. The second-order valence-corrected chi connectivity index (χ2v) is 6.90. The molecule has 0 bridgehead atoms. The number of aromatic amines is 1. The Morgan fingerprint density at radius 3 is 2.97 bits per heavy atom. The SMILES string of the molecule is C=C(/C=C\N=C(N)N)c1c[nH]c2nccc(N3CC[C@H](NCCC(F)(F)F)C3)c12. The van der Waals surface area contributed by atoms with Gasteiger partial charge in [0.05, 0.1) is 6.42 Å². The lowest BCUT2D eigenvalue weighted by atomic mass is 10.1. The Morgan fingerprint density at radius 2 is 2.24 bits per heavy atom. The second kappa shape index (κ2) is 8.56. The zero-order valence-electron chi connectivity index (χ0n) is 15.8. The third-order valence-electron chi connectivity index (χ3n) is 4.77. The minimum absolute atomic E-state index is 0.00733. The first-order valence-corrected chi connectivity index (χ1v) is 9.20. The molecular formula is C19H24F3N7. The van der Waals surface area contributed by atoms with Gasteiger partial charge in [0.1, 0.15) is 5.65 Å². The number of alkyl halides is 3. The number of anilines is 1. The number of nitrogens with two attached hydrogens (primary N) is 2. The fourth-order valence-corrected chi connectivity index (χ4v) is 3.42. The Bertz CT molecular complexity index is 926. The maximum atomic E-state index is 12.4. The summed E-state index contributed by atoms with van der Waals surface area (Å²) < 4.78 is 37.1. The van der Waals surface area contributed by atoms with E-state index in [-0.39, 0.29) is 18.5 Å². The van der Waals surface area contributed by atoms with Crippen LogP contribution >= 0.6 is 0 Å². The molecule has 1 aliphatic heterocycles. The Hall–Kier alpha value is -3.01. The van der Waals surface area contributed by atoms with Crippen molar-refractivity contribution in [2.45, 2.75) is 25.1 Å². The summed E-state index contributed by atoms with van der Waals surface area (Å²) >= 11 is 0. The molecule has 3 rings (SSSR count). The smallest absolute Gasteiger partial charge is 0.370 e. The van der Waals surface area contributed by atoms with Gasteiger partial charge in [-0.25, -0.2) is 9.98 Å². The molecular weight excluding hydrogens is 383 g/mol. The van der Waals surface area contributed by atoms with Crippen LogP contribution in [0.2, 0.25) is 0 Å². The van der Waals surface area contributed by atoms with Gasteiger partial charge in [-0.1, -0.05) is 6.58 Å².